The van der Waals surface area contributed by atoms with Crippen LogP contribution >= 0.6 is 0 Å². The van der Waals surface area contributed by atoms with Gasteiger partial charge in [0.1, 0.15) is 12.0 Å². The van der Waals surface area contributed by atoms with Crippen molar-refractivity contribution in [2.75, 3.05) is 0 Å². The van der Waals surface area contributed by atoms with Crippen LogP contribution in [0.15, 0.2) is 37.1 Å². The van der Waals surface area contributed by atoms with Crippen molar-refractivity contribution >= 4 is 11.0 Å². The van der Waals surface area contributed by atoms with E-state index in [9.17, 15) is 0 Å². The number of H-pyrrole nitrogens is 1. The van der Waals surface area contributed by atoms with Gasteiger partial charge in [0.05, 0.1) is 0 Å². The molecule has 0 amide bonds. The molecule has 0 aliphatic heterocycles. The Balaban J connectivity index is 2.28. The summed E-state index contributed by atoms with van der Waals surface area (Å²) in [6, 6.07) is 3.85. The minimum Gasteiger partial charge on any atom is -0.260 e. The van der Waals surface area contributed by atoms with Crippen LogP contribution in [-0.4, -0.2) is 25.1 Å². The summed E-state index contributed by atoms with van der Waals surface area (Å²) in [4.78, 5) is 12.1. The Labute approximate surface area is 85.2 Å². The number of hydrogen-bond acceptors (Lipinski definition) is 4. The first-order valence-corrected chi connectivity index (χ1v) is 4.49. The predicted molar refractivity (Wildman–Crippen MR) is 54.9 cm³/mol. The molecule has 0 aliphatic rings. The zero-order chi connectivity index (χ0) is 10.1. The van der Waals surface area contributed by atoms with E-state index < -0.39 is 0 Å². The molecule has 3 aromatic heterocycles. The Bertz CT molecular complexity index is 587. The largest absolute Gasteiger partial charge is 0.260 e. The third kappa shape index (κ3) is 1.25. The van der Waals surface area contributed by atoms with Crippen molar-refractivity contribution < 1.29 is 0 Å². The third-order valence-electron chi connectivity index (χ3n) is 2.17. The maximum absolute atomic E-state index is 4.20. The smallest absolute Gasteiger partial charge is 0.155 e. The van der Waals surface area contributed by atoms with Crippen LogP contribution in [0.2, 0.25) is 0 Å². The van der Waals surface area contributed by atoms with E-state index in [-0.39, 0.29) is 0 Å². The highest BCUT2D eigenvalue weighted by molar-refractivity contribution is 5.90. The summed E-state index contributed by atoms with van der Waals surface area (Å²) in [5.74, 6) is 0. The van der Waals surface area contributed by atoms with Gasteiger partial charge in [0.2, 0.25) is 0 Å². The van der Waals surface area contributed by atoms with E-state index in [0.29, 0.717) is 0 Å². The molecule has 3 heterocycles. The van der Waals surface area contributed by atoms with Gasteiger partial charge in [-0.1, -0.05) is 0 Å². The average molecular weight is 197 g/mol. The molecule has 0 aliphatic carbocycles. The summed E-state index contributed by atoms with van der Waals surface area (Å²) in [6.45, 7) is 0. The lowest BCUT2D eigenvalue weighted by Crippen LogP contribution is -1.82. The van der Waals surface area contributed by atoms with Crippen LogP contribution in [0, 0.1) is 0 Å². The highest BCUT2D eigenvalue weighted by Crippen LogP contribution is 2.22. The van der Waals surface area contributed by atoms with Gasteiger partial charge in [0, 0.05) is 29.5 Å². The number of nitrogens with zero attached hydrogens (tertiary/aromatic N) is 4. The van der Waals surface area contributed by atoms with Crippen LogP contribution in [-0.2, 0) is 0 Å². The third-order valence-corrected chi connectivity index (χ3v) is 2.17. The number of rotatable bonds is 1. The summed E-state index contributed by atoms with van der Waals surface area (Å²) < 4.78 is 0. The van der Waals surface area contributed by atoms with Crippen molar-refractivity contribution in [2.24, 2.45) is 0 Å². The Kier molecular flexibility index (Phi) is 1.68. The van der Waals surface area contributed by atoms with E-state index >= 15 is 0 Å². The first-order chi connectivity index (χ1) is 7.45. The second-order valence-corrected chi connectivity index (χ2v) is 3.10. The van der Waals surface area contributed by atoms with Crippen molar-refractivity contribution in [3.63, 3.8) is 0 Å². The molecule has 0 spiro atoms. The molecule has 1 N–H and O–H groups in total. The number of aromatic nitrogens is 5. The van der Waals surface area contributed by atoms with Gasteiger partial charge >= 0.3 is 0 Å². The lowest BCUT2D eigenvalue weighted by Gasteiger charge is -1.94. The number of aromatic amines is 1. The molecule has 5 heteroatoms. The molecule has 0 saturated carbocycles. The van der Waals surface area contributed by atoms with E-state index in [4.69, 9.17) is 0 Å². The molecule has 0 radical (unpaired) electrons. The molecule has 0 aromatic carbocycles. The van der Waals surface area contributed by atoms with Crippen molar-refractivity contribution in [2.45, 2.75) is 0 Å². The molecule has 0 fully saturated rings. The SMILES string of the molecule is c1cnc2[nH]nc(-c3cncnc3)c2c1. The van der Waals surface area contributed by atoms with Crippen LogP contribution in [0.4, 0.5) is 0 Å². The van der Waals surface area contributed by atoms with Crippen molar-refractivity contribution in [1.82, 2.24) is 25.1 Å². The lowest BCUT2D eigenvalue weighted by molar-refractivity contribution is 1.09. The van der Waals surface area contributed by atoms with Crippen molar-refractivity contribution in [3.05, 3.63) is 37.1 Å². The predicted octanol–water partition coefficient (Wildman–Crippen LogP) is 1.41. The number of hydrogen-bond donors (Lipinski definition) is 1. The maximum atomic E-state index is 4.20. The van der Waals surface area contributed by atoms with Crippen molar-refractivity contribution in [3.8, 4) is 11.3 Å². The fourth-order valence-corrected chi connectivity index (χ4v) is 1.50. The molecular formula is C10H7N5. The lowest BCUT2D eigenvalue weighted by atomic mass is 10.2. The van der Waals surface area contributed by atoms with Crippen LogP contribution in [0.25, 0.3) is 22.3 Å². The molecule has 0 unspecified atom stereocenters. The monoisotopic (exact) mass is 197 g/mol. The standard InChI is InChI=1S/C10H7N5/c1-2-8-9(7-4-11-6-12-5-7)14-15-10(8)13-3-1/h1-6H,(H,13,14,15). The Hall–Kier alpha value is -2.30. The quantitative estimate of drug-likeness (QED) is 0.640. The van der Waals surface area contributed by atoms with E-state index in [1.165, 1.54) is 6.33 Å². The molecule has 0 bridgehead atoms. The van der Waals surface area contributed by atoms with Gasteiger partial charge in [0.15, 0.2) is 5.65 Å². The van der Waals surface area contributed by atoms with E-state index in [2.05, 4.69) is 25.1 Å². The highest BCUT2D eigenvalue weighted by atomic mass is 15.1. The minimum absolute atomic E-state index is 0.774. The molecular weight excluding hydrogens is 190 g/mol. The first-order valence-electron chi connectivity index (χ1n) is 4.49. The Morgan fingerprint density at radius 2 is 2.00 bits per heavy atom. The molecule has 5 nitrogen and oxygen atoms in total. The normalized spacial score (nSPS) is 10.7. The van der Waals surface area contributed by atoms with Crippen molar-refractivity contribution in [1.29, 1.82) is 0 Å². The van der Waals surface area contributed by atoms with Crippen LogP contribution in [0.3, 0.4) is 0 Å². The fourth-order valence-electron chi connectivity index (χ4n) is 1.50. The van der Waals surface area contributed by atoms with Gasteiger partial charge in [-0.2, -0.15) is 5.10 Å². The fraction of sp³-hybridized carbons (Fsp3) is 0. The topological polar surface area (TPSA) is 67.3 Å². The Morgan fingerprint density at radius 3 is 2.87 bits per heavy atom. The summed E-state index contributed by atoms with van der Waals surface area (Å²) in [5.41, 5.74) is 2.49. The minimum atomic E-state index is 0.774. The van der Waals surface area contributed by atoms with E-state index in [1.54, 1.807) is 18.6 Å². The van der Waals surface area contributed by atoms with Crippen LogP contribution < -0.4 is 0 Å². The second kappa shape index (κ2) is 3.13. The van der Waals surface area contributed by atoms with Gasteiger partial charge in [-0.3, -0.25) is 5.10 Å². The van der Waals surface area contributed by atoms with E-state index in [0.717, 1.165) is 22.3 Å². The van der Waals surface area contributed by atoms with Gasteiger partial charge < -0.3 is 0 Å². The van der Waals surface area contributed by atoms with Gasteiger partial charge in [0.25, 0.3) is 0 Å². The Morgan fingerprint density at radius 1 is 1.13 bits per heavy atom. The molecule has 0 atom stereocenters. The first kappa shape index (κ1) is 8.05. The maximum Gasteiger partial charge on any atom is 0.155 e. The molecule has 72 valence electrons. The van der Waals surface area contributed by atoms with Crippen LogP contribution in [0.1, 0.15) is 0 Å². The molecule has 0 saturated heterocycles. The number of nitrogens with one attached hydrogen (secondary N) is 1. The zero-order valence-electron chi connectivity index (χ0n) is 7.75. The van der Waals surface area contributed by atoms with E-state index in [1.807, 2.05) is 12.1 Å². The van der Waals surface area contributed by atoms with Gasteiger partial charge in [-0.05, 0) is 12.1 Å². The zero-order valence-corrected chi connectivity index (χ0v) is 7.75. The number of pyridine rings is 1. The molecule has 3 aromatic rings. The highest BCUT2D eigenvalue weighted by Gasteiger charge is 2.07. The van der Waals surface area contributed by atoms with Gasteiger partial charge in [-0.15, -0.1) is 0 Å². The second-order valence-electron chi connectivity index (χ2n) is 3.10. The molecule has 15 heavy (non-hydrogen) atoms. The number of fused-ring (bicyclic) bond motifs is 1. The summed E-state index contributed by atoms with van der Waals surface area (Å²) in [6.07, 6.45) is 6.69. The average Bonchev–Trinajstić information content (AvgIpc) is 2.74. The van der Waals surface area contributed by atoms with Gasteiger partial charge in [-0.25, -0.2) is 15.0 Å². The summed E-state index contributed by atoms with van der Waals surface area (Å²) in [7, 11) is 0. The summed E-state index contributed by atoms with van der Waals surface area (Å²) in [5, 5.41) is 8.05. The summed E-state index contributed by atoms with van der Waals surface area (Å²) >= 11 is 0. The molecule has 3 rings (SSSR count). The van der Waals surface area contributed by atoms with Crippen LogP contribution in [0.5, 0.6) is 0 Å².